The van der Waals surface area contributed by atoms with Crippen LogP contribution < -0.4 is 11.1 Å². The molecule has 1 aromatic heterocycles. The van der Waals surface area contributed by atoms with E-state index in [4.69, 9.17) is 5.73 Å². The van der Waals surface area contributed by atoms with Gasteiger partial charge in [0.1, 0.15) is 0 Å². The molecule has 0 saturated carbocycles. The van der Waals surface area contributed by atoms with Gasteiger partial charge in [0, 0.05) is 18.8 Å². The molecule has 2 aromatic rings. The molecule has 0 aliphatic carbocycles. The van der Waals surface area contributed by atoms with Crippen LogP contribution in [0.5, 0.6) is 0 Å². The number of primary amides is 1. The van der Waals surface area contributed by atoms with Crippen LogP contribution in [0.1, 0.15) is 29.8 Å². The summed E-state index contributed by atoms with van der Waals surface area (Å²) in [6.07, 6.45) is 3.13. The van der Waals surface area contributed by atoms with E-state index in [1.54, 1.807) is 10.9 Å². The molecular formula is C14H18N4O. The van der Waals surface area contributed by atoms with Gasteiger partial charge in [0.25, 0.3) is 5.91 Å². The van der Waals surface area contributed by atoms with Crippen molar-refractivity contribution >= 4 is 5.91 Å². The molecule has 0 atom stereocenters. The lowest BCUT2D eigenvalue weighted by Gasteiger charge is -2.12. The van der Waals surface area contributed by atoms with Crippen molar-refractivity contribution in [2.45, 2.75) is 26.4 Å². The molecule has 1 aromatic carbocycles. The lowest BCUT2D eigenvalue weighted by Crippen LogP contribution is -2.22. The Balaban J connectivity index is 2.30. The Morgan fingerprint density at radius 1 is 1.42 bits per heavy atom. The van der Waals surface area contributed by atoms with E-state index in [-0.39, 0.29) is 0 Å². The highest BCUT2D eigenvalue weighted by molar-refractivity contribution is 5.92. The van der Waals surface area contributed by atoms with E-state index in [0.29, 0.717) is 11.6 Å². The van der Waals surface area contributed by atoms with Gasteiger partial charge in [0.05, 0.1) is 17.4 Å². The van der Waals surface area contributed by atoms with Crippen LogP contribution in [0.4, 0.5) is 0 Å². The quantitative estimate of drug-likeness (QED) is 0.853. The van der Waals surface area contributed by atoms with Crippen molar-refractivity contribution in [1.82, 2.24) is 15.1 Å². The molecule has 0 aliphatic heterocycles. The second kappa shape index (κ2) is 5.67. The molecule has 2 rings (SSSR count). The Kier molecular flexibility index (Phi) is 3.97. The summed E-state index contributed by atoms with van der Waals surface area (Å²) in [4.78, 5) is 11.1. The zero-order valence-electron chi connectivity index (χ0n) is 11.1. The summed E-state index contributed by atoms with van der Waals surface area (Å²) in [6.45, 7) is 4.95. The summed E-state index contributed by atoms with van der Waals surface area (Å²) in [5.41, 5.74) is 7.71. The fraction of sp³-hybridized carbons (Fsp3) is 0.286. The SMILES string of the molecule is CC(C)NCc1ccccc1-n1cc(C(N)=O)cn1. The third-order valence-electron chi connectivity index (χ3n) is 2.81. The smallest absolute Gasteiger partial charge is 0.251 e. The van der Waals surface area contributed by atoms with Gasteiger partial charge in [-0.15, -0.1) is 0 Å². The number of benzene rings is 1. The molecule has 100 valence electrons. The molecule has 3 N–H and O–H groups in total. The Morgan fingerprint density at radius 3 is 2.79 bits per heavy atom. The normalized spacial score (nSPS) is 10.9. The van der Waals surface area contributed by atoms with Gasteiger partial charge in [-0.3, -0.25) is 4.79 Å². The number of hydrogen-bond donors (Lipinski definition) is 2. The lowest BCUT2D eigenvalue weighted by molar-refractivity contribution is 0.100. The van der Waals surface area contributed by atoms with Gasteiger partial charge in [-0.2, -0.15) is 5.10 Å². The van der Waals surface area contributed by atoms with Crippen molar-refractivity contribution in [2.24, 2.45) is 5.73 Å². The minimum atomic E-state index is -0.468. The minimum Gasteiger partial charge on any atom is -0.366 e. The summed E-state index contributed by atoms with van der Waals surface area (Å²) in [7, 11) is 0. The highest BCUT2D eigenvalue weighted by Crippen LogP contribution is 2.14. The van der Waals surface area contributed by atoms with Gasteiger partial charge >= 0.3 is 0 Å². The number of para-hydroxylation sites is 1. The number of aromatic nitrogens is 2. The van der Waals surface area contributed by atoms with Crippen LogP contribution in [-0.2, 0) is 6.54 Å². The zero-order valence-corrected chi connectivity index (χ0v) is 11.1. The van der Waals surface area contributed by atoms with Crippen LogP contribution in [0.15, 0.2) is 36.7 Å². The topological polar surface area (TPSA) is 72.9 Å². The Labute approximate surface area is 112 Å². The monoisotopic (exact) mass is 258 g/mol. The maximum atomic E-state index is 11.1. The Hall–Kier alpha value is -2.14. The number of carbonyl (C=O) groups is 1. The second-order valence-electron chi connectivity index (χ2n) is 4.70. The highest BCUT2D eigenvalue weighted by atomic mass is 16.1. The number of hydrogen-bond acceptors (Lipinski definition) is 3. The highest BCUT2D eigenvalue weighted by Gasteiger charge is 2.08. The number of amides is 1. The molecule has 0 unspecified atom stereocenters. The molecule has 1 heterocycles. The maximum absolute atomic E-state index is 11.1. The zero-order chi connectivity index (χ0) is 13.8. The summed E-state index contributed by atoms with van der Waals surface area (Å²) in [6, 6.07) is 8.34. The van der Waals surface area contributed by atoms with Crippen molar-refractivity contribution in [3.05, 3.63) is 47.8 Å². The number of nitrogens with two attached hydrogens (primary N) is 1. The number of rotatable bonds is 5. The van der Waals surface area contributed by atoms with Gasteiger partial charge in [-0.25, -0.2) is 4.68 Å². The van der Waals surface area contributed by atoms with E-state index in [1.165, 1.54) is 6.20 Å². The fourth-order valence-corrected chi connectivity index (χ4v) is 1.78. The Bertz CT molecular complexity index is 574. The van der Waals surface area contributed by atoms with Crippen LogP contribution in [-0.4, -0.2) is 21.7 Å². The molecule has 0 bridgehead atoms. The Morgan fingerprint density at radius 2 is 2.16 bits per heavy atom. The summed E-state index contributed by atoms with van der Waals surface area (Å²) in [5, 5.41) is 7.55. The van der Waals surface area contributed by atoms with Crippen LogP contribution in [0.3, 0.4) is 0 Å². The van der Waals surface area contributed by atoms with Crippen molar-refractivity contribution in [2.75, 3.05) is 0 Å². The van der Waals surface area contributed by atoms with E-state index >= 15 is 0 Å². The van der Waals surface area contributed by atoms with Crippen molar-refractivity contribution in [1.29, 1.82) is 0 Å². The van der Waals surface area contributed by atoms with Gasteiger partial charge in [0.2, 0.25) is 0 Å². The molecule has 0 fully saturated rings. The molecule has 0 radical (unpaired) electrons. The summed E-state index contributed by atoms with van der Waals surface area (Å²) < 4.78 is 1.68. The first-order valence-electron chi connectivity index (χ1n) is 6.24. The van der Waals surface area contributed by atoms with E-state index in [1.807, 2.05) is 24.3 Å². The molecule has 0 aliphatic rings. The van der Waals surface area contributed by atoms with Gasteiger partial charge in [-0.1, -0.05) is 32.0 Å². The fourth-order valence-electron chi connectivity index (χ4n) is 1.78. The molecule has 0 saturated heterocycles. The second-order valence-corrected chi connectivity index (χ2v) is 4.70. The third kappa shape index (κ3) is 3.20. The van der Waals surface area contributed by atoms with E-state index in [2.05, 4.69) is 24.3 Å². The summed E-state index contributed by atoms with van der Waals surface area (Å²) in [5.74, 6) is -0.468. The molecule has 5 nitrogen and oxygen atoms in total. The van der Waals surface area contributed by atoms with Crippen LogP contribution in [0.2, 0.25) is 0 Å². The third-order valence-corrected chi connectivity index (χ3v) is 2.81. The van der Waals surface area contributed by atoms with Crippen molar-refractivity contribution in [3.63, 3.8) is 0 Å². The molecule has 5 heteroatoms. The predicted octanol–water partition coefficient (Wildman–Crippen LogP) is 1.47. The van der Waals surface area contributed by atoms with Crippen LogP contribution in [0.25, 0.3) is 5.69 Å². The largest absolute Gasteiger partial charge is 0.366 e. The van der Waals surface area contributed by atoms with Gasteiger partial charge in [0.15, 0.2) is 0 Å². The summed E-state index contributed by atoms with van der Waals surface area (Å²) >= 11 is 0. The van der Waals surface area contributed by atoms with E-state index in [9.17, 15) is 4.79 Å². The van der Waals surface area contributed by atoms with Crippen molar-refractivity contribution < 1.29 is 4.79 Å². The van der Waals surface area contributed by atoms with Gasteiger partial charge < -0.3 is 11.1 Å². The van der Waals surface area contributed by atoms with Crippen molar-refractivity contribution in [3.8, 4) is 5.69 Å². The predicted molar refractivity (Wildman–Crippen MR) is 74.1 cm³/mol. The lowest BCUT2D eigenvalue weighted by atomic mass is 10.1. The number of nitrogens with one attached hydrogen (secondary N) is 1. The first-order chi connectivity index (χ1) is 9.08. The average molecular weight is 258 g/mol. The first kappa shape index (κ1) is 13.3. The standard InChI is InChI=1S/C14H18N4O/c1-10(2)16-7-11-5-3-4-6-13(11)18-9-12(8-17-18)14(15)19/h3-6,8-10,16H,7H2,1-2H3,(H2,15,19). The van der Waals surface area contributed by atoms with E-state index in [0.717, 1.165) is 17.8 Å². The van der Waals surface area contributed by atoms with E-state index < -0.39 is 5.91 Å². The average Bonchev–Trinajstić information content (AvgIpc) is 2.86. The van der Waals surface area contributed by atoms with Crippen LogP contribution in [0, 0.1) is 0 Å². The molecule has 1 amide bonds. The van der Waals surface area contributed by atoms with Crippen LogP contribution >= 0.6 is 0 Å². The minimum absolute atomic E-state index is 0.409. The molecule has 19 heavy (non-hydrogen) atoms. The number of nitrogens with zero attached hydrogens (tertiary/aromatic N) is 2. The number of carbonyl (C=O) groups excluding carboxylic acids is 1. The molecule has 0 spiro atoms. The van der Waals surface area contributed by atoms with Gasteiger partial charge in [-0.05, 0) is 11.6 Å². The molecular weight excluding hydrogens is 240 g/mol. The first-order valence-corrected chi connectivity index (χ1v) is 6.24. The maximum Gasteiger partial charge on any atom is 0.251 e.